The first-order valence-electron chi connectivity index (χ1n) is 9.75. The molecule has 0 bridgehead atoms. The van der Waals surface area contributed by atoms with Crippen LogP contribution in [0.5, 0.6) is 0 Å². The zero-order valence-corrected chi connectivity index (χ0v) is 17.3. The van der Waals surface area contributed by atoms with Gasteiger partial charge in [0.15, 0.2) is 11.5 Å². The summed E-state index contributed by atoms with van der Waals surface area (Å²) in [6.07, 6.45) is 2.12. The highest BCUT2D eigenvalue weighted by molar-refractivity contribution is 6.06. The highest BCUT2D eigenvalue weighted by Gasteiger charge is 2.36. The number of rotatable bonds is 5. The number of carbonyl (C=O) groups is 1. The maximum atomic E-state index is 14.1. The number of halogens is 3. The second kappa shape index (κ2) is 9.73. The van der Waals surface area contributed by atoms with Crippen molar-refractivity contribution in [2.75, 3.05) is 39.0 Å². The van der Waals surface area contributed by atoms with Crippen molar-refractivity contribution >= 4 is 23.8 Å². The van der Waals surface area contributed by atoms with Gasteiger partial charge < -0.3 is 26.7 Å². The van der Waals surface area contributed by atoms with E-state index < -0.39 is 36.8 Å². The maximum Gasteiger partial charge on any atom is 0.277 e. The minimum absolute atomic E-state index is 0.0912. The fraction of sp³-hybridized carbons (Fsp3) is 0.350. The Balaban J connectivity index is 1.85. The van der Waals surface area contributed by atoms with Gasteiger partial charge in [-0.25, -0.2) is 23.1 Å². The van der Waals surface area contributed by atoms with Gasteiger partial charge in [-0.05, 0) is 12.1 Å². The number of nitrogens with zero attached hydrogens (tertiary/aromatic N) is 4. The lowest BCUT2D eigenvalue weighted by Gasteiger charge is -2.30. The Hall–Kier alpha value is -3.54. The van der Waals surface area contributed by atoms with Gasteiger partial charge in [0.2, 0.25) is 0 Å². The Morgan fingerprint density at radius 3 is 2.88 bits per heavy atom. The van der Waals surface area contributed by atoms with Gasteiger partial charge in [-0.15, -0.1) is 0 Å². The highest BCUT2D eigenvalue weighted by Crippen LogP contribution is 2.22. The molecule has 1 atom stereocenters. The third-order valence-corrected chi connectivity index (χ3v) is 4.81. The van der Waals surface area contributed by atoms with Crippen LogP contribution in [0.4, 0.5) is 19.0 Å². The van der Waals surface area contributed by atoms with Gasteiger partial charge in [0.1, 0.15) is 17.7 Å². The second-order valence-electron chi connectivity index (χ2n) is 7.12. The van der Waals surface area contributed by atoms with Crippen LogP contribution in [-0.4, -0.2) is 78.0 Å². The predicted octanol–water partition coefficient (Wildman–Crippen LogP) is 1.18. The summed E-state index contributed by atoms with van der Waals surface area (Å²) in [5, 5.41) is 12.9. The van der Waals surface area contributed by atoms with Crippen molar-refractivity contribution in [1.82, 2.24) is 25.5 Å². The summed E-state index contributed by atoms with van der Waals surface area (Å²) in [4.78, 5) is 26.3. The lowest BCUT2D eigenvalue weighted by molar-refractivity contribution is -0.00619. The molecule has 0 spiro atoms. The molecule has 0 saturated carbocycles. The predicted molar refractivity (Wildman–Crippen MR) is 115 cm³/mol. The summed E-state index contributed by atoms with van der Waals surface area (Å²) in [5.74, 6) is -4.47. The third kappa shape index (κ3) is 5.19. The van der Waals surface area contributed by atoms with Crippen LogP contribution >= 0.6 is 0 Å². The van der Waals surface area contributed by atoms with Crippen molar-refractivity contribution in [3.8, 4) is 11.3 Å². The number of nitrogen functional groups attached to an aromatic ring is 1. The molecule has 3 rings (SSSR count). The number of amides is 1. The molecular weight excluding hydrogens is 425 g/mol. The molecule has 32 heavy (non-hydrogen) atoms. The molecule has 0 aliphatic carbocycles. The molecule has 1 aromatic carbocycles. The average Bonchev–Trinajstić information content (AvgIpc) is 2.94. The largest absolute Gasteiger partial charge is 0.382 e. The van der Waals surface area contributed by atoms with E-state index in [9.17, 15) is 18.0 Å². The van der Waals surface area contributed by atoms with Gasteiger partial charge >= 0.3 is 0 Å². The van der Waals surface area contributed by atoms with Crippen molar-refractivity contribution in [3.05, 3.63) is 42.0 Å². The summed E-state index contributed by atoms with van der Waals surface area (Å²) in [6, 6.07) is 4.73. The molecule has 170 valence electrons. The number of hydrogen-bond acceptors (Lipinski definition) is 7. The molecule has 9 nitrogen and oxygen atoms in total. The van der Waals surface area contributed by atoms with E-state index in [0.717, 1.165) is 6.21 Å². The number of amidine groups is 1. The SMILES string of the molecule is CN=C(C(C=N)NC(=O)c1nc(-c2ccccc2F)cnc1N)N1CCNCC(F)(F)C1. The minimum atomic E-state index is -3.01. The molecular formula is C20H23F3N8O. The van der Waals surface area contributed by atoms with Crippen molar-refractivity contribution in [2.45, 2.75) is 12.0 Å². The summed E-state index contributed by atoms with van der Waals surface area (Å²) < 4.78 is 42.2. The van der Waals surface area contributed by atoms with Crippen molar-refractivity contribution < 1.29 is 18.0 Å². The van der Waals surface area contributed by atoms with E-state index in [4.69, 9.17) is 11.1 Å². The van der Waals surface area contributed by atoms with E-state index in [1.54, 1.807) is 6.07 Å². The fourth-order valence-electron chi connectivity index (χ4n) is 3.33. The second-order valence-corrected chi connectivity index (χ2v) is 7.12. The molecule has 0 radical (unpaired) electrons. The molecule has 2 heterocycles. The molecule has 1 amide bonds. The molecule has 1 aliphatic heterocycles. The maximum absolute atomic E-state index is 14.1. The van der Waals surface area contributed by atoms with Gasteiger partial charge in [0, 0.05) is 31.9 Å². The fourth-order valence-corrected chi connectivity index (χ4v) is 3.33. The number of benzene rings is 1. The summed E-state index contributed by atoms with van der Waals surface area (Å²) in [5.41, 5.74) is 5.74. The number of nitrogens with one attached hydrogen (secondary N) is 3. The van der Waals surface area contributed by atoms with Crippen LogP contribution in [0.1, 0.15) is 10.5 Å². The summed E-state index contributed by atoms with van der Waals surface area (Å²) in [7, 11) is 1.39. The van der Waals surface area contributed by atoms with E-state index in [-0.39, 0.29) is 41.7 Å². The van der Waals surface area contributed by atoms with E-state index >= 15 is 0 Å². The topological polar surface area (TPSA) is 132 Å². The zero-order chi connectivity index (χ0) is 23.3. The van der Waals surface area contributed by atoms with Crippen LogP contribution in [0.15, 0.2) is 35.5 Å². The lowest BCUT2D eigenvalue weighted by Crippen LogP contribution is -2.52. The molecule has 1 saturated heterocycles. The van der Waals surface area contributed by atoms with Crippen LogP contribution in [0.25, 0.3) is 11.3 Å². The highest BCUT2D eigenvalue weighted by atomic mass is 19.3. The summed E-state index contributed by atoms with van der Waals surface area (Å²) in [6.45, 7) is -0.585. The standard InChI is InChI=1S/C20H23F3N8O/c1-26-18(31-7-6-27-10-20(22,23)11-31)14(8-24)30-19(32)16-17(25)28-9-15(29-16)12-4-2-3-5-13(12)21/h2-5,8-9,14,24,27H,6-7,10-11H2,1H3,(H2,25,28)(H,30,32). The Morgan fingerprint density at radius 2 is 2.19 bits per heavy atom. The van der Waals surface area contributed by atoms with E-state index in [1.165, 1.54) is 36.3 Å². The first-order chi connectivity index (χ1) is 15.3. The number of aromatic nitrogens is 2. The average molecular weight is 448 g/mol. The molecule has 1 aliphatic rings. The Labute approximate surface area is 182 Å². The van der Waals surface area contributed by atoms with Gasteiger partial charge in [-0.1, -0.05) is 12.1 Å². The number of hydrogen-bond donors (Lipinski definition) is 4. The first-order valence-corrected chi connectivity index (χ1v) is 9.75. The molecule has 1 aromatic heterocycles. The van der Waals surface area contributed by atoms with Crippen LogP contribution in [0.3, 0.4) is 0 Å². The smallest absolute Gasteiger partial charge is 0.277 e. The Bertz CT molecular complexity index is 1030. The molecule has 12 heteroatoms. The number of alkyl halides is 2. The molecule has 1 fully saturated rings. The number of carbonyl (C=O) groups excluding carboxylic acids is 1. The van der Waals surface area contributed by atoms with Crippen LogP contribution in [-0.2, 0) is 0 Å². The number of anilines is 1. The minimum Gasteiger partial charge on any atom is -0.382 e. The van der Waals surface area contributed by atoms with Crippen LogP contribution < -0.4 is 16.4 Å². The van der Waals surface area contributed by atoms with Crippen molar-refractivity contribution in [2.24, 2.45) is 4.99 Å². The molecule has 2 aromatic rings. The Kier molecular flexibility index (Phi) is 7.03. The van der Waals surface area contributed by atoms with Crippen LogP contribution in [0, 0.1) is 11.2 Å². The van der Waals surface area contributed by atoms with Crippen molar-refractivity contribution in [3.63, 3.8) is 0 Å². The van der Waals surface area contributed by atoms with Gasteiger partial charge in [-0.3, -0.25) is 9.79 Å². The monoisotopic (exact) mass is 448 g/mol. The lowest BCUT2D eigenvalue weighted by atomic mass is 10.1. The zero-order valence-electron chi connectivity index (χ0n) is 17.3. The van der Waals surface area contributed by atoms with Crippen LogP contribution in [0.2, 0.25) is 0 Å². The Morgan fingerprint density at radius 1 is 1.44 bits per heavy atom. The normalized spacial score (nSPS) is 17.4. The van der Waals surface area contributed by atoms with Crippen molar-refractivity contribution in [1.29, 1.82) is 5.41 Å². The number of aliphatic imine (C=N–C) groups is 1. The third-order valence-electron chi connectivity index (χ3n) is 4.81. The van der Waals surface area contributed by atoms with Gasteiger partial charge in [0.05, 0.1) is 25.0 Å². The summed E-state index contributed by atoms with van der Waals surface area (Å²) >= 11 is 0. The van der Waals surface area contributed by atoms with E-state index in [1.807, 2.05) is 0 Å². The van der Waals surface area contributed by atoms with Gasteiger partial charge in [0.25, 0.3) is 11.8 Å². The van der Waals surface area contributed by atoms with E-state index in [0.29, 0.717) is 0 Å². The quantitative estimate of drug-likeness (QED) is 0.401. The molecule has 5 N–H and O–H groups in total. The number of nitrogens with two attached hydrogens (primary N) is 1. The molecule has 1 unspecified atom stereocenters. The van der Waals surface area contributed by atoms with E-state index in [2.05, 4.69) is 25.6 Å². The first kappa shape index (κ1) is 23.1. The van der Waals surface area contributed by atoms with Gasteiger partial charge in [-0.2, -0.15) is 0 Å².